The second kappa shape index (κ2) is 8.62. The van der Waals surface area contributed by atoms with Crippen LogP contribution in [0.1, 0.15) is 24.3 Å². The summed E-state index contributed by atoms with van der Waals surface area (Å²) in [6, 6.07) is 9.01. The third-order valence-corrected chi connectivity index (χ3v) is 4.41. The molecule has 1 fully saturated rings. The van der Waals surface area contributed by atoms with Gasteiger partial charge in [0.05, 0.1) is 12.3 Å². The van der Waals surface area contributed by atoms with E-state index < -0.39 is 0 Å². The molecule has 1 aromatic carbocycles. The van der Waals surface area contributed by atoms with E-state index in [1.165, 1.54) is 0 Å². The van der Waals surface area contributed by atoms with Gasteiger partial charge in [-0.25, -0.2) is 9.97 Å². The molecule has 0 saturated carbocycles. The number of hydrogen-bond acceptors (Lipinski definition) is 6. The predicted octanol–water partition coefficient (Wildman–Crippen LogP) is 2.27. The van der Waals surface area contributed by atoms with Gasteiger partial charge in [0, 0.05) is 32.4 Å². The summed E-state index contributed by atoms with van der Waals surface area (Å²) in [5, 5.41) is 2.88. The van der Waals surface area contributed by atoms with Crippen molar-refractivity contribution in [2.24, 2.45) is 0 Å². The van der Waals surface area contributed by atoms with Crippen LogP contribution in [0.5, 0.6) is 5.75 Å². The summed E-state index contributed by atoms with van der Waals surface area (Å²) in [4.78, 5) is 25.9. The number of carbonyl (C=O) groups excluding carboxylic acids is 1. The number of hydrogen-bond donors (Lipinski definition) is 1. The van der Waals surface area contributed by atoms with Gasteiger partial charge in [0.15, 0.2) is 0 Å². The predicted molar refractivity (Wildman–Crippen MR) is 102 cm³/mol. The summed E-state index contributed by atoms with van der Waals surface area (Å²) < 4.78 is 5.55. The molecule has 3 rings (SSSR count). The lowest BCUT2D eigenvalue weighted by molar-refractivity contribution is 0.102. The Labute approximate surface area is 154 Å². The molecule has 1 saturated heterocycles. The maximum atomic E-state index is 12.6. The van der Waals surface area contributed by atoms with Crippen LogP contribution in [-0.4, -0.2) is 60.1 Å². The van der Waals surface area contributed by atoms with Crippen molar-refractivity contribution in [3.05, 3.63) is 42.2 Å². The molecule has 138 valence electrons. The number of nitrogens with zero attached hydrogens (tertiary/aromatic N) is 4. The molecule has 26 heavy (non-hydrogen) atoms. The number of piperazine rings is 1. The van der Waals surface area contributed by atoms with Crippen molar-refractivity contribution in [3.63, 3.8) is 0 Å². The van der Waals surface area contributed by atoms with Gasteiger partial charge in [0.2, 0.25) is 5.95 Å². The SMILES string of the molecule is CCOc1ccccc1NC(=O)c1ccnc(N2CCN(CC)CC2)n1. The second-order valence-electron chi connectivity index (χ2n) is 6.05. The summed E-state index contributed by atoms with van der Waals surface area (Å²) >= 11 is 0. The Kier molecular flexibility index (Phi) is 6.01. The minimum atomic E-state index is -0.270. The molecule has 0 radical (unpaired) electrons. The van der Waals surface area contributed by atoms with Gasteiger partial charge >= 0.3 is 0 Å². The molecule has 1 aliphatic rings. The highest BCUT2D eigenvalue weighted by molar-refractivity contribution is 6.03. The van der Waals surface area contributed by atoms with Gasteiger partial charge in [-0.1, -0.05) is 19.1 Å². The van der Waals surface area contributed by atoms with Crippen molar-refractivity contribution in [1.82, 2.24) is 14.9 Å². The van der Waals surface area contributed by atoms with Crippen LogP contribution in [0.3, 0.4) is 0 Å². The summed E-state index contributed by atoms with van der Waals surface area (Å²) in [7, 11) is 0. The zero-order valence-electron chi connectivity index (χ0n) is 15.3. The molecule has 0 bridgehead atoms. The molecular weight excluding hydrogens is 330 g/mol. The number of benzene rings is 1. The van der Waals surface area contributed by atoms with Crippen molar-refractivity contribution in [2.45, 2.75) is 13.8 Å². The lowest BCUT2D eigenvalue weighted by Gasteiger charge is -2.34. The van der Waals surface area contributed by atoms with Gasteiger partial charge < -0.3 is 19.9 Å². The highest BCUT2D eigenvalue weighted by Gasteiger charge is 2.19. The highest BCUT2D eigenvalue weighted by atomic mass is 16.5. The number of carbonyl (C=O) groups is 1. The van der Waals surface area contributed by atoms with E-state index in [4.69, 9.17) is 4.74 Å². The van der Waals surface area contributed by atoms with Crippen LogP contribution in [0.25, 0.3) is 0 Å². The van der Waals surface area contributed by atoms with Crippen LogP contribution in [-0.2, 0) is 0 Å². The number of nitrogens with one attached hydrogen (secondary N) is 1. The number of rotatable bonds is 6. The standard InChI is InChI=1S/C19H25N5O2/c1-3-23-11-13-24(14-12-23)19-20-10-9-16(22-19)18(25)21-15-7-5-6-8-17(15)26-4-2/h5-10H,3-4,11-14H2,1-2H3,(H,21,25). The quantitative estimate of drug-likeness (QED) is 0.857. The van der Waals surface area contributed by atoms with Crippen LogP contribution in [0.4, 0.5) is 11.6 Å². The monoisotopic (exact) mass is 355 g/mol. The van der Waals surface area contributed by atoms with E-state index in [0.29, 0.717) is 29.7 Å². The van der Waals surface area contributed by atoms with Gasteiger partial charge in [-0.3, -0.25) is 4.79 Å². The maximum Gasteiger partial charge on any atom is 0.274 e. The number of para-hydroxylation sites is 2. The van der Waals surface area contributed by atoms with Crippen LogP contribution in [0, 0.1) is 0 Å². The fraction of sp³-hybridized carbons (Fsp3) is 0.421. The Hall–Kier alpha value is -2.67. The molecule has 7 nitrogen and oxygen atoms in total. The zero-order valence-corrected chi connectivity index (χ0v) is 15.3. The van der Waals surface area contributed by atoms with Crippen molar-refractivity contribution in [3.8, 4) is 5.75 Å². The summed E-state index contributed by atoms with van der Waals surface area (Å²) in [5.74, 6) is 0.979. The van der Waals surface area contributed by atoms with Crippen LogP contribution in [0.15, 0.2) is 36.5 Å². The normalized spacial score (nSPS) is 14.9. The zero-order chi connectivity index (χ0) is 18.4. The average Bonchev–Trinajstić information content (AvgIpc) is 2.70. The van der Waals surface area contributed by atoms with Crippen LogP contribution < -0.4 is 15.0 Å². The number of amides is 1. The molecule has 1 aliphatic heterocycles. The number of ether oxygens (including phenoxy) is 1. The van der Waals surface area contributed by atoms with Gasteiger partial charge in [0.25, 0.3) is 5.91 Å². The third-order valence-electron chi connectivity index (χ3n) is 4.41. The molecule has 2 aromatic rings. The van der Waals surface area contributed by atoms with Crippen molar-refractivity contribution in [1.29, 1.82) is 0 Å². The topological polar surface area (TPSA) is 70.6 Å². The highest BCUT2D eigenvalue weighted by Crippen LogP contribution is 2.24. The Bertz CT molecular complexity index is 744. The Balaban J connectivity index is 1.71. The number of aromatic nitrogens is 2. The molecular formula is C19H25N5O2. The Morgan fingerprint density at radius 1 is 1.15 bits per heavy atom. The van der Waals surface area contributed by atoms with Crippen LogP contribution in [0.2, 0.25) is 0 Å². The molecule has 1 amide bonds. The number of likely N-dealkylation sites (N-methyl/N-ethyl adjacent to an activating group) is 1. The molecule has 1 N–H and O–H groups in total. The Morgan fingerprint density at radius 3 is 2.65 bits per heavy atom. The first-order valence-corrected chi connectivity index (χ1v) is 9.04. The van der Waals surface area contributed by atoms with E-state index in [-0.39, 0.29) is 5.91 Å². The van der Waals surface area contributed by atoms with E-state index >= 15 is 0 Å². The molecule has 0 aliphatic carbocycles. The second-order valence-corrected chi connectivity index (χ2v) is 6.05. The molecule has 2 heterocycles. The van der Waals surface area contributed by atoms with Crippen LogP contribution >= 0.6 is 0 Å². The molecule has 1 aromatic heterocycles. The summed E-state index contributed by atoms with van der Waals surface area (Å²) in [5.41, 5.74) is 0.982. The first kappa shape index (κ1) is 18.1. The third kappa shape index (κ3) is 4.29. The molecule has 7 heteroatoms. The van der Waals surface area contributed by atoms with Gasteiger partial charge in [-0.15, -0.1) is 0 Å². The lowest BCUT2D eigenvalue weighted by Crippen LogP contribution is -2.46. The Morgan fingerprint density at radius 2 is 1.92 bits per heavy atom. The van der Waals surface area contributed by atoms with E-state index in [1.807, 2.05) is 31.2 Å². The van der Waals surface area contributed by atoms with Crippen molar-refractivity contribution in [2.75, 3.05) is 49.5 Å². The van der Waals surface area contributed by atoms with E-state index in [1.54, 1.807) is 12.3 Å². The van der Waals surface area contributed by atoms with E-state index in [0.717, 1.165) is 32.7 Å². The van der Waals surface area contributed by atoms with Crippen molar-refractivity contribution >= 4 is 17.5 Å². The fourth-order valence-electron chi connectivity index (χ4n) is 2.93. The summed E-state index contributed by atoms with van der Waals surface area (Å²) in [6.07, 6.45) is 1.64. The van der Waals surface area contributed by atoms with Gasteiger partial charge in [-0.2, -0.15) is 0 Å². The molecule has 0 unspecified atom stereocenters. The lowest BCUT2D eigenvalue weighted by atomic mass is 10.2. The minimum absolute atomic E-state index is 0.270. The maximum absolute atomic E-state index is 12.6. The first-order chi connectivity index (χ1) is 12.7. The first-order valence-electron chi connectivity index (χ1n) is 9.04. The average molecular weight is 355 g/mol. The smallest absolute Gasteiger partial charge is 0.274 e. The van der Waals surface area contributed by atoms with Crippen molar-refractivity contribution < 1.29 is 9.53 Å². The summed E-state index contributed by atoms with van der Waals surface area (Å²) in [6.45, 7) is 9.36. The van der Waals surface area contributed by atoms with Gasteiger partial charge in [0.1, 0.15) is 11.4 Å². The van der Waals surface area contributed by atoms with Gasteiger partial charge in [-0.05, 0) is 31.7 Å². The van der Waals surface area contributed by atoms with E-state index in [2.05, 4.69) is 32.0 Å². The largest absolute Gasteiger partial charge is 0.492 e. The molecule has 0 spiro atoms. The van der Waals surface area contributed by atoms with E-state index in [9.17, 15) is 4.79 Å². The number of anilines is 2. The molecule has 0 atom stereocenters. The fourth-order valence-corrected chi connectivity index (χ4v) is 2.93. The minimum Gasteiger partial charge on any atom is -0.492 e.